The Balaban J connectivity index is 1.80. The molecule has 0 unspecified atom stereocenters. The number of hydrogen-bond donors (Lipinski definition) is 1. The average Bonchev–Trinajstić information content (AvgIpc) is 3.09. The summed E-state index contributed by atoms with van der Waals surface area (Å²) >= 11 is 0. The van der Waals surface area contributed by atoms with Gasteiger partial charge in [-0.1, -0.05) is 0 Å². The fraction of sp³-hybridized carbons (Fsp3) is 0.312. The van der Waals surface area contributed by atoms with Crippen molar-refractivity contribution >= 4 is 12.2 Å². The normalized spacial score (nSPS) is 11.4. The number of hydrogen-bond acceptors (Lipinski definition) is 6. The lowest BCUT2D eigenvalue weighted by Crippen LogP contribution is -1.99. The van der Waals surface area contributed by atoms with Gasteiger partial charge in [-0.2, -0.15) is 19.7 Å². The molecule has 0 saturated carbocycles. The van der Waals surface area contributed by atoms with Crippen molar-refractivity contribution in [3.63, 3.8) is 0 Å². The molecular formula is C16H19FN8. The first-order chi connectivity index (χ1) is 12.0. The topological polar surface area (TPSA) is 85.8 Å². The molecule has 0 radical (unpaired) electrons. The lowest BCUT2D eigenvalue weighted by molar-refractivity contribution is 0.502. The van der Waals surface area contributed by atoms with Crippen molar-refractivity contribution in [3.05, 3.63) is 41.4 Å². The molecule has 0 aliphatic rings. The zero-order valence-corrected chi connectivity index (χ0v) is 14.5. The highest BCUT2D eigenvalue weighted by atomic mass is 19.1. The summed E-state index contributed by atoms with van der Waals surface area (Å²) in [5.74, 6) is -0.125. The monoisotopic (exact) mass is 342 g/mol. The molecule has 9 heteroatoms. The summed E-state index contributed by atoms with van der Waals surface area (Å²) in [6.45, 7) is 6.47. The van der Waals surface area contributed by atoms with E-state index in [9.17, 15) is 4.39 Å². The van der Waals surface area contributed by atoms with E-state index < -0.39 is 5.95 Å². The maximum Gasteiger partial charge on any atom is 0.244 e. The third-order valence-electron chi connectivity index (χ3n) is 3.76. The maximum absolute atomic E-state index is 13.9. The minimum absolute atomic E-state index is 0.319. The van der Waals surface area contributed by atoms with E-state index in [2.05, 4.69) is 30.7 Å². The van der Waals surface area contributed by atoms with E-state index in [1.54, 1.807) is 20.2 Å². The molecule has 0 spiro atoms. The van der Waals surface area contributed by atoms with Crippen molar-refractivity contribution in [1.82, 2.24) is 29.5 Å². The third kappa shape index (κ3) is 3.39. The van der Waals surface area contributed by atoms with Gasteiger partial charge in [-0.25, -0.2) is 20.1 Å². The van der Waals surface area contributed by atoms with Crippen molar-refractivity contribution < 1.29 is 4.39 Å². The molecule has 3 aromatic rings. The lowest BCUT2D eigenvalue weighted by Gasteiger charge is -2.01. The van der Waals surface area contributed by atoms with Crippen LogP contribution in [0.5, 0.6) is 0 Å². The van der Waals surface area contributed by atoms with Crippen LogP contribution in [-0.4, -0.2) is 35.7 Å². The van der Waals surface area contributed by atoms with Crippen LogP contribution < -0.4 is 5.43 Å². The van der Waals surface area contributed by atoms with Crippen LogP contribution in [0.3, 0.4) is 0 Å². The number of halogens is 1. The van der Waals surface area contributed by atoms with Crippen molar-refractivity contribution in [2.24, 2.45) is 12.1 Å². The van der Waals surface area contributed by atoms with Crippen LogP contribution in [0.4, 0.5) is 10.3 Å². The molecule has 3 rings (SSSR count). The summed E-state index contributed by atoms with van der Waals surface area (Å²) < 4.78 is 16.9. The Morgan fingerprint density at radius 2 is 2.08 bits per heavy atom. The Morgan fingerprint density at radius 3 is 2.72 bits per heavy atom. The van der Waals surface area contributed by atoms with Gasteiger partial charge in [-0.3, -0.25) is 4.68 Å². The Labute approximate surface area is 144 Å². The Morgan fingerprint density at radius 1 is 1.28 bits per heavy atom. The van der Waals surface area contributed by atoms with E-state index in [0.717, 1.165) is 23.5 Å². The molecule has 0 atom stereocenters. The van der Waals surface area contributed by atoms with E-state index in [1.165, 1.54) is 10.9 Å². The van der Waals surface area contributed by atoms with E-state index in [-0.39, 0.29) is 0 Å². The van der Waals surface area contributed by atoms with E-state index in [1.807, 2.05) is 30.8 Å². The summed E-state index contributed by atoms with van der Waals surface area (Å²) in [6.07, 6.45) is 4.95. The first-order valence-electron chi connectivity index (χ1n) is 7.85. The molecule has 0 aromatic carbocycles. The number of aryl methyl sites for hydroxylation is 4. The van der Waals surface area contributed by atoms with E-state index in [0.29, 0.717) is 17.2 Å². The molecule has 0 amide bonds. The molecule has 0 bridgehead atoms. The molecule has 1 N–H and O–H groups in total. The van der Waals surface area contributed by atoms with Crippen molar-refractivity contribution in [1.29, 1.82) is 0 Å². The predicted molar refractivity (Wildman–Crippen MR) is 92.8 cm³/mol. The van der Waals surface area contributed by atoms with Gasteiger partial charge >= 0.3 is 0 Å². The largest absolute Gasteiger partial charge is 0.272 e. The summed E-state index contributed by atoms with van der Waals surface area (Å²) in [5.41, 5.74) is 6.18. The van der Waals surface area contributed by atoms with Gasteiger partial charge in [-0.15, -0.1) is 0 Å². The number of nitrogens with one attached hydrogen (secondary N) is 1. The lowest BCUT2D eigenvalue weighted by atomic mass is 10.2. The Bertz CT molecular complexity index is 924. The van der Waals surface area contributed by atoms with Gasteiger partial charge in [0.25, 0.3) is 0 Å². The fourth-order valence-corrected chi connectivity index (χ4v) is 2.44. The van der Waals surface area contributed by atoms with Crippen LogP contribution >= 0.6 is 0 Å². The molecular weight excluding hydrogens is 323 g/mol. The first-order valence-corrected chi connectivity index (χ1v) is 7.85. The molecule has 0 saturated heterocycles. The number of hydrazone groups is 1. The van der Waals surface area contributed by atoms with Gasteiger partial charge < -0.3 is 0 Å². The highest BCUT2D eigenvalue weighted by Crippen LogP contribution is 2.21. The number of rotatable bonds is 5. The SMILES string of the molecule is CCn1cc(-c2ccnc(N/N=C\c3c(C)nn(C)c3F)n2)c(C)n1. The summed E-state index contributed by atoms with van der Waals surface area (Å²) in [4.78, 5) is 8.55. The van der Waals surface area contributed by atoms with Gasteiger partial charge in [-0.05, 0) is 26.8 Å². The second-order valence-electron chi connectivity index (χ2n) is 5.53. The Kier molecular flexibility index (Phi) is 4.55. The first kappa shape index (κ1) is 16.7. The molecule has 3 aromatic heterocycles. The number of nitrogens with zero attached hydrogens (tertiary/aromatic N) is 7. The number of anilines is 1. The molecule has 25 heavy (non-hydrogen) atoms. The minimum atomic E-state index is -0.444. The number of aromatic nitrogens is 6. The predicted octanol–water partition coefficient (Wildman–Crippen LogP) is 2.30. The quantitative estimate of drug-likeness (QED) is 0.568. The molecule has 0 aliphatic heterocycles. The van der Waals surface area contributed by atoms with Crippen molar-refractivity contribution in [2.45, 2.75) is 27.3 Å². The van der Waals surface area contributed by atoms with Crippen LogP contribution in [0, 0.1) is 19.8 Å². The van der Waals surface area contributed by atoms with Gasteiger partial charge in [0.2, 0.25) is 11.9 Å². The molecule has 0 fully saturated rings. The smallest absolute Gasteiger partial charge is 0.244 e. The van der Waals surface area contributed by atoms with Crippen molar-refractivity contribution in [3.8, 4) is 11.3 Å². The summed E-state index contributed by atoms with van der Waals surface area (Å²) in [6, 6.07) is 1.81. The van der Waals surface area contributed by atoms with Crippen molar-refractivity contribution in [2.75, 3.05) is 5.43 Å². The minimum Gasteiger partial charge on any atom is -0.272 e. The van der Waals surface area contributed by atoms with E-state index in [4.69, 9.17) is 0 Å². The van der Waals surface area contributed by atoms with Gasteiger partial charge in [0, 0.05) is 31.5 Å². The van der Waals surface area contributed by atoms with Crippen LogP contribution in [0.2, 0.25) is 0 Å². The fourth-order valence-electron chi connectivity index (χ4n) is 2.44. The Hall–Kier alpha value is -3.10. The van der Waals surface area contributed by atoms with Crippen LogP contribution in [0.25, 0.3) is 11.3 Å². The van der Waals surface area contributed by atoms with E-state index >= 15 is 0 Å². The van der Waals surface area contributed by atoms with Crippen LogP contribution in [0.15, 0.2) is 23.6 Å². The zero-order chi connectivity index (χ0) is 18.0. The van der Waals surface area contributed by atoms with Crippen LogP contribution in [0.1, 0.15) is 23.9 Å². The van der Waals surface area contributed by atoms with Gasteiger partial charge in [0.05, 0.1) is 28.9 Å². The third-order valence-corrected chi connectivity index (χ3v) is 3.76. The molecule has 8 nitrogen and oxygen atoms in total. The maximum atomic E-state index is 13.9. The summed E-state index contributed by atoms with van der Waals surface area (Å²) in [5, 5.41) is 12.4. The van der Waals surface area contributed by atoms with Gasteiger partial charge in [0.15, 0.2) is 0 Å². The molecule has 3 heterocycles. The second-order valence-corrected chi connectivity index (χ2v) is 5.53. The zero-order valence-electron chi connectivity index (χ0n) is 14.5. The highest BCUT2D eigenvalue weighted by Gasteiger charge is 2.11. The summed E-state index contributed by atoms with van der Waals surface area (Å²) in [7, 11) is 1.54. The highest BCUT2D eigenvalue weighted by molar-refractivity contribution is 5.81. The molecule has 0 aliphatic carbocycles. The molecule has 130 valence electrons. The standard InChI is InChI=1S/C16H19FN8/c1-5-25-9-13(11(3)23-25)14-6-7-18-16(20-14)21-19-8-12-10(2)22-24(4)15(12)17/h6-9H,5H2,1-4H3,(H,18,20,21)/b19-8-. The average molecular weight is 342 g/mol. The van der Waals surface area contributed by atoms with Gasteiger partial charge in [0.1, 0.15) is 0 Å². The van der Waals surface area contributed by atoms with Crippen LogP contribution in [-0.2, 0) is 13.6 Å². The second kappa shape index (κ2) is 6.80.